The van der Waals surface area contributed by atoms with E-state index in [2.05, 4.69) is 5.16 Å². The van der Waals surface area contributed by atoms with E-state index in [0.717, 1.165) is 18.3 Å². The number of nitrogens with zero attached hydrogens (tertiary/aromatic N) is 3. The van der Waals surface area contributed by atoms with Gasteiger partial charge in [0.2, 0.25) is 0 Å². The maximum Gasteiger partial charge on any atom is 0.318 e. The second-order valence-corrected chi connectivity index (χ2v) is 2.67. The van der Waals surface area contributed by atoms with Gasteiger partial charge in [-0.3, -0.25) is 20.2 Å². The van der Waals surface area contributed by atoms with E-state index in [1.54, 1.807) is 0 Å². The van der Waals surface area contributed by atoms with Crippen molar-refractivity contribution < 1.29 is 20.2 Å². The Balaban J connectivity index is 3.50. The molecular weight excluding hydrogens is 222 g/mol. The molecule has 0 heterocycles. The zero-order chi connectivity index (χ0) is 12.3. The third-order valence-corrected chi connectivity index (χ3v) is 1.69. The summed E-state index contributed by atoms with van der Waals surface area (Å²) in [5.41, 5.74) is -1.73. The van der Waals surface area contributed by atoms with E-state index >= 15 is 0 Å². The van der Waals surface area contributed by atoms with E-state index in [4.69, 9.17) is 5.21 Å². The fraction of sp³-hybridized carbons (Fsp3) is 0. The molecule has 0 saturated carbocycles. The lowest BCUT2D eigenvalue weighted by atomic mass is 10.1. The van der Waals surface area contributed by atoms with Crippen LogP contribution < -0.4 is 0 Å². The maximum absolute atomic E-state index is 10.5. The maximum atomic E-state index is 10.5. The Morgan fingerprint density at radius 1 is 1.19 bits per heavy atom. The molecule has 0 fully saturated rings. The SMILES string of the molecule is O=[N+]([O-])c1cc(/C=N/O)cc([N+](=O)[O-])c1O. The largest absolute Gasteiger partial charge is 0.497 e. The third-order valence-electron chi connectivity index (χ3n) is 1.69. The van der Waals surface area contributed by atoms with Gasteiger partial charge in [0.1, 0.15) is 0 Å². The number of aromatic hydroxyl groups is 1. The summed E-state index contributed by atoms with van der Waals surface area (Å²) in [6, 6.07) is 1.70. The monoisotopic (exact) mass is 227 g/mol. The molecule has 0 aliphatic heterocycles. The molecule has 1 rings (SSSR count). The molecule has 0 aliphatic rings. The van der Waals surface area contributed by atoms with Gasteiger partial charge in [-0.05, 0) is 0 Å². The predicted molar refractivity (Wildman–Crippen MR) is 50.8 cm³/mol. The summed E-state index contributed by atoms with van der Waals surface area (Å²) < 4.78 is 0. The van der Waals surface area contributed by atoms with Gasteiger partial charge < -0.3 is 10.3 Å². The van der Waals surface area contributed by atoms with Crippen LogP contribution in [0.3, 0.4) is 0 Å². The molecule has 1 aromatic rings. The van der Waals surface area contributed by atoms with Crippen molar-refractivity contribution in [2.24, 2.45) is 5.16 Å². The number of rotatable bonds is 3. The Bertz CT molecular complexity index is 448. The number of nitro benzene ring substituents is 2. The smallest absolute Gasteiger partial charge is 0.318 e. The summed E-state index contributed by atoms with van der Waals surface area (Å²) in [4.78, 5) is 19.0. The van der Waals surface area contributed by atoms with Crippen LogP contribution in [-0.4, -0.2) is 26.4 Å². The second-order valence-electron chi connectivity index (χ2n) is 2.67. The van der Waals surface area contributed by atoms with Crippen molar-refractivity contribution in [3.63, 3.8) is 0 Å². The molecule has 0 unspecified atom stereocenters. The van der Waals surface area contributed by atoms with Gasteiger partial charge in [-0.2, -0.15) is 0 Å². The van der Waals surface area contributed by atoms with Crippen LogP contribution in [0.25, 0.3) is 0 Å². The molecule has 0 aliphatic carbocycles. The summed E-state index contributed by atoms with van der Waals surface area (Å²) in [5.74, 6) is -1.04. The fourth-order valence-electron chi connectivity index (χ4n) is 1.04. The number of hydrogen-bond acceptors (Lipinski definition) is 7. The molecule has 16 heavy (non-hydrogen) atoms. The fourth-order valence-corrected chi connectivity index (χ4v) is 1.04. The zero-order valence-corrected chi connectivity index (χ0v) is 7.60. The minimum Gasteiger partial charge on any atom is -0.497 e. The summed E-state index contributed by atoms with van der Waals surface area (Å²) in [5, 5.41) is 41.0. The molecule has 2 N–H and O–H groups in total. The highest BCUT2D eigenvalue weighted by atomic mass is 16.6. The van der Waals surface area contributed by atoms with Gasteiger partial charge in [-0.1, -0.05) is 5.16 Å². The highest BCUT2D eigenvalue weighted by Gasteiger charge is 2.25. The molecular formula is C7H5N3O6. The first kappa shape index (κ1) is 11.4. The number of phenolic OH excluding ortho intramolecular Hbond substituents is 1. The van der Waals surface area contributed by atoms with Gasteiger partial charge in [-0.15, -0.1) is 0 Å². The Kier molecular flexibility index (Phi) is 2.99. The normalized spacial score (nSPS) is 10.5. The molecule has 0 amide bonds. The first-order chi connectivity index (χ1) is 7.47. The molecule has 0 saturated heterocycles. The van der Waals surface area contributed by atoms with E-state index in [1.165, 1.54) is 0 Å². The lowest BCUT2D eigenvalue weighted by Gasteiger charge is -1.99. The molecule has 9 nitrogen and oxygen atoms in total. The summed E-state index contributed by atoms with van der Waals surface area (Å²) in [7, 11) is 0. The Morgan fingerprint density at radius 2 is 1.62 bits per heavy atom. The lowest BCUT2D eigenvalue weighted by Crippen LogP contribution is -1.96. The molecule has 9 heteroatoms. The van der Waals surface area contributed by atoms with E-state index in [1.807, 2.05) is 0 Å². The number of hydrogen-bond donors (Lipinski definition) is 2. The van der Waals surface area contributed by atoms with Crippen molar-refractivity contribution in [3.05, 3.63) is 37.9 Å². The van der Waals surface area contributed by atoms with E-state index in [-0.39, 0.29) is 5.56 Å². The van der Waals surface area contributed by atoms with Crippen LogP contribution in [0.4, 0.5) is 11.4 Å². The minimum absolute atomic E-state index is 0.0706. The van der Waals surface area contributed by atoms with Gasteiger partial charge in [0, 0.05) is 17.7 Å². The standard InChI is InChI=1S/C7H5N3O6/c11-7-5(9(13)14)1-4(3-8-12)2-6(7)10(15)16/h1-3,11-12H/b8-3+. The van der Waals surface area contributed by atoms with Crippen molar-refractivity contribution in [2.75, 3.05) is 0 Å². The summed E-state index contributed by atoms with van der Waals surface area (Å²) in [6.45, 7) is 0. The van der Waals surface area contributed by atoms with Crippen LogP contribution >= 0.6 is 0 Å². The number of oxime groups is 1. The molecule has 84 valence electrons. The van der Waals surface area contributed by atoms with Gasteiger partial charge in [0.05, 0.1) is 16.1 Å². The van der Waals surface area contributed by atoms with Crippen LogP contribution in [0.1, 0.15) is 5.56 Å². The van der Waals surface area contributed by atoms with E-state index < -0.39 is 27.0 Å². The number of benzene rings is 1. The minimum atomic E-state index is -1.04. The van der Waals surface area contributed by atoms with Crippen LogP contribution in [0, 0.1) is 20.2 Å². The lowest BCUT2D eigenvalue weighted by molar-refractivity contribution is -0.396. The summed E-state index contributed by atoms with van der Waals surface area (Å²) >= 11 is 0. The molecule has 1 aromatic carbocycles. The summed E-state index contributed by atoms with van der Waals surface area (Å²) in [6.07, 6.45) is 0.777. The number of nitro groups is 2. The van der Waals surface area contributed by atoms with Crippen molar-refractivity contribution in [3.8, 4) is 5.75 Å². The Labute approximate surface area is 87.5 Å². The molecule has 0 aromatic heterocycles. The highest BCUT2D eigenvalue weighted by Crippen LogP contribution is 2.36. The number of phenols is 1. The van der Waals surface area contributed by atoms with Crippen molar-refractivity contribution in [1.82, 2.24) is 0 Å². The zero-order valence-electron chi connectivity index (χ0n) is 7.60. The van der Waals surface area contributed by atoms with Gasteiger partial charge >= 0.3 is 11.4 Å². The van der Waals surface area contributed by atoms with Crippen molar-refractivity contribution >= 4 is 17.6 Å². The van der Waals surface area contributed by atoms with Crippen LogP contribution in [0.2, 0.25) is 0 Å². The molecule has 0 radical (unpaired) electrons. The van der Waals surface area contributed by atoms with Crippen molar-refractivity contribution in [1.29, 1.82) is 0 Å². The first-order valence-corrected chi connectivity index (χ1v) is 3.80. The predicted octanol–water partition coefficient (Wildman–Crippen LogP) is 1.02. The molecule has 0 spiro atoms. The van der Waals surface area contributed by atoms with Crippen molar-refractivity contribution in [2.45, 2.75) is 0 Å². The Hall–Kier alpha value is -2.71. The van der Waals surface area contributed by atoms with E-state index in [9.17, 15) is 25.3 Å². The van der Waals surface area contributed by atoms with Crippen LogP contribution in [0.15, 0.2) is 17.3 Å². The van der Waals surface area contributed by atoms with E-state index in [0.29, 0.717) is 0 Å². The van der Waals surface area contributed by atoms with Crippen LogP contribution in [-0.2, 0) is 0 Å². The molecule has 0 bridgehead atoms. The highest BCUT2D eigenvalue weighted by molar-refractivity contribution is 5.83. The molecule has 0 atom stereocenters. The van der Waals surface area contributed by atoms with Gasteiger partial charge in [0.15, 0.2) is 0 Å². The quantitative estimate of drug-likeness (QED) is 0.342. The van der Waals surface area contributed by atoms with Gasteiger partial charge in [-0.25, -0.2) is 0 Å². The third kappa shape index (κ3) is 2.03. The average Bonchev–Trinajstić information content (AvgIpc) is 2.19. The second kappa shape index (κ2) is 4.21. The van der Waals surface area contributed by atoms with Gasteiger partial charge in [0.25, 0.3) is 5.75 Å². The Morgan fingerprint density at radius 3 is 1.94 bits per heavy atom. The average molecular weight is 227 g/mol. The topological polar surface area (TPSA) is 139 Å². The van der Waals surface area contributed by atoms with Crippen LogP contribution in [0.5, 0.6) is 5.75 Å². The first-order valence-electron chi connectivity index (χ1n) is 3.80.